The van der Waals surface area contributed by atoms with Gasteiger partial charge in [-0.15, -0.1) is 0 Å². The van der Waals surface area contributed by atoms with Gasteiger partial charge in [-0.05, 0) is 217 Å². The number of phenols is 1. The van der Waals surface area contributed by atoms with Gasteiger partial charge >= 0.3 is 0 Å². The van der Waals surface area contributed by atoms with Crippen LogP contribution in [0.1, 0.15) is 67.8 Å². The van der Waals surface area contributed by atoms with Crippen molar-refractivity contribution in [2.75, 3.05) is 12.8 Å². The fourth-order valence-electron chi connectivity index (χ4n) is 24.2. The van der Waals surface area contributed by atoms with Gasteiger partial charge in [-0.2, -0.15) is 0 Å². The van der Waals surface area contributed by atoms with Gasteiger partial charge in [0.25, 0.3) is 0 Å². The van der Waals surface area contributed by atoms with Crippen LogP contribution in [0, 0.1) is 0 Å². The number of rotatable bonds is 10. The van der Waals surface area contributed by atoms with Crippen LogP contribution in [0.5, 0.6) is 46.0 Å². The summed E-state index contributed by atoms with van der Waals surface area (Å²) in [4.78, 5) is 0. The van der Waals surface area contributed by atoms with Crippen molar-refractivity contribution in [2.24, 2.45) is 0 Å². The number of anilines is 1. The van der Waals surface area contributed by atoms with E-state index in [0.29, 0.717) is 0 Å². The fraction of sp³-hybridized carbons (Fsp3) is 0.0282. The normalized spacial score (nSPS) is 12.6. The summed E-state index contributed by atoms with van der Waals surface area (Å²) in [7, 11) is 1.70. The Morgan fingerprint density at radius 1 is 0.162 bits per heavy atom. The Morgan fingerprint density at radius 3 is 0.473 bits per heavy atom. The lowest BCUT2D eigenvalue weighted by molar-refractivity contribution is 0.415. The Labute approximate surface area is 855 Å². The number of aromatic hydroxyl groups is 1. The Balaban J connectivity index is 0.000000107. The molecule has 0 atom stereocenters. The average molecular weight is 1890 g/mol. The van der Waals surface area contributed by atoms with Gasteiger partial charge in [0.1, 0.15) is 46.0 Å². The van der Waals surface area contributed by atoms with E-state index in [0.717, 1.165) is 101 Å². The molecule has 0 unspecified atom stereocenters. The van der Waals surface area contributed by atoms with Gasteiger partial charge < -0.3 is 29.8 Å². The van der Waals surface area contributed by atoms with E-state index in [1.54, 1.807) is 19.2 Å². The molecule has 0 aromatic heterocycles. The number of hydrogen-bond donors (Lipinski definition) is 2. The number of methoxy groups -OCH3 is 1. The van der Waals surface area contributed by atoms with Crippen LogP contribution >= 0.6 is 0 Å². The Bertz CT molecular complexity index is 9260. The van der Waals surface area contributed by atoms with Gasteiger partial charge in [-0.25, -0.2) is 0 Å². The molecule has 0 aliphatic carbocycles. The van der Waals surface area contributed by atoms with Crippen LogP contribution in [-0.2, 0) is 0 Å². The van der Waals surface area contributed by atoms with Gasteiger partial charge in [0.05, 0.1) is 7.11 Å². The first-order valence-electron chi connectivity index (χ1n) is 50.8. The minimum absolute atomic E-state index is 0.0373. The van der Waals surface area contributed by atoms with Crippen molar-refractivity contribution in [1.29, 1.82) is 0 Å². The first-order chi connectivity index (χ1) is 73.2. The molecule has 0 fully saturated rings. The minimum atomic E-state index is -0.0475. The number of ether oxygens (including phenoxy) is 4. The summed E-state index contributed by atoms with van der Waals surface area (Å²) in [5.74, 6) is 6.72. The third-order valence-corrected chi connectivity index (χ3v) is 31.1. The second-order valence-electron chi connectivity index (χ2n) is 39.1. The molecule has 6 heteroatoms. The van der Waals surface area contributed by atoms with Crippen molar-refractivity contribution in [3.8, 4) is 113 Å². The zero-order chi connectivity index (χ0) is 98.1. The number of fused-ring (bicyclic) bond motifs is 36. The highest BCUT2D eigenvalue weighted by Crippen LogP contribution is 2.62. The Hall–Kier alpha value is -19.1. The summed E-state index contributed by atoms with van der Waals surface area (Å²) in [6.45, 7) is 0. The van der Waals surface area contributed by atoms with Crippen molar-refractivity contribution in [2.45, 2.75) is 17.8 Å². The molecule has 0 radical (unpaired) electrons. The molecule has 27 aromatic rings. The fourth-order valence-corrected chi connectivity index (χ4v) is 24.2. The van der Waals surface area contributed by atoms with Crippen molar-refractivity contribution in [1.82, 2.24) is 0 Å². The van der Waals surface area contributed by atoms with Crippen LogP contribution in [0.4, 0.5) is 5.69 Å². The van der Waals surface area contributed by atoms with Crippen LogP contribution in [0.2, 0.25) is 0 Å². The van der Waals surface area contributed by atoms with Gasteiger partial charge in [0, 0.05) is 89.1 Å². The lowest BCUT2D eigenvalue weighted by Gasteiger charge is -2.33. The van der Waals surface area contributed by atoms with E-state index in [-0.39, 0.29) is 23.5 Å². The van der Waals surface area contributed by atoms with Crippen molar-refractivity contribution >= 4 is 135 Å². The molecule has 6 nitrogen and oxygen atoms in total. The topological polar surface area (TPSA) is 83.2 Å². The van der Waals surface area contributed by atoms with E-state index < -0.39 is 0 Å². The van der Waals surface area contributed by atoms with Gasteiger partial charge in [-0.3, -0.25) is 0 Å². The Morgan fingerprint density at radius 2 is 0.297 bits per heavy atom. The third-order valence-electron chi connectivity index (χ3n) is 31.1. The monoisotopic (exact) mass is 1890 g/mol. The SMILES string of the molecule is COc1ccc(-c2ccc(-c3ccc(C4c5c(c6ccccc6c6ccccc56)Oc5c4c4ccccc4c4ccccc54)cc3)cc2)cc1.Nc1ccc(-c2ccc(-c3ccc(C4c5c(c6ccccc6c6ccccc56)Oc5c4c4ccccc4c4ccccc54)cc3)cc2)cc1.Oc1ccc(-c2ccc(-c3ccc(C4c5c(c6ccccc6c6ccccc56)Oc5c4c4ccccc4c4ccccc54)cc3)cc2)cc1. The highest BCUT2D eigenvalue weighted by atomic mass is 16.5. The maximum absolute atomic E-state index is 9.71. The molecule has 0 saturated heterocycles. The largest absolute Gasteiger partial charge is 0.508 e. The number of hydrogen-bond acceptors (Lipinski definition) is 6. The second-order valence-corrected chi connectivity index (χ2v) is 39.1. The molecule has 30 rings (SSSR count). The lowest BCUT2D eigenvalue weighted by atomic mass is 9.76. The zero-order valence-electron chi connectivity index (χ0n) is 80.9. The van der Waals surface area contributed by atoms with E-state index >= 15 is 0 Å². The van der Waals surface area contributed by atoms with Gasteiger partial charge in [0.2, 0.25) is 0 Å². The van der Waals surface area contributed by atoms with E-state index in [1.807, 2.05) is 36.4 Å². The van der Waals surface area contributed by atoms with E-state index in [9.17, 15) is 5.11 Å². The second kappa shape index (κ2) is 35.8. The first-order valence-corrected chi connectivity index (χ1v) is 50.8. The number of nitrogen functional groups attached to an aromatic ring is 1. The van der Waals surface area contributed by atoms with Crippen LogP contribution < -0.4 is 24.7 Å². The summed E-state index contributed by atoms with van der Waals surface area (Å²) in [6, 6.07) is 182. The van der Waals surface area contributed by atoms with Crippen LogP contribution in [-0.4, -0.2) is 12.2 Å². The molecule has 0 amide bonds. The molecule has 27 aromatic carbocycles. The summed E-state index contributed by atoms with van der Waals surface area (Å²) < 4.78 is 27.0. The zero-order valence-corrected chi connectivity index (χ0v) is 80.9. The first kappa shape index (κ1) is 86.7. The number of phenolic OH excluding ortho intramolecular Hbond substituents is 1. The molecular formula is C142H93NO5. The molecule has 3 aliphatic rings. The molecule has 696 valence electrons. The predicted octanol–water partition coefficient (Wildman–Crippen LogP) is 38.1. The molecule has 0 bridgehead atoms. The lowest BCUT2D eigenvalue weighted by Crippen LogP contribution is -2.14. The predicted molar refractivity (Wildman–Crippen MR) is 616 cm³/mol. The maximum Gasteiger partial charge on any atom is 0.140 e. The summed E-state index contributed by atoms with van der Waals surface area (Å²) in [5, 5.41) is 38.6. The molecular weight excluding hydrogens is 1800 g/mol. The average Bonchev–Trinajstić information content (AvgIpc) is 0.705. The highest BCUT2D eigenvalue weighted by Gasteiger charge is 2.40. The summed E-state index contributed by atoms with van der Waals surface area (Å²) in [6.07, 6.45) is 0. The van der Waals surface area contributed by atoms with Crippen LogP contribution in [0.15, 0.2) is 510 Å². The molecule has 0 spiro atoms. The quantitative estimate of drug-likeness (QED) is 0.105. The maximum atomic E-state index is 9.71. The smallest absolute Gasteiger partial charge is 0.140 e. The third kappa shape index (κ3) is 14.5. The van der Waals surface area contributed by atoms with E-state index in [1.165, 1.54) is 192 Å². The van der Waals surface area contributed by atoms with Crippen LogP contribution in [0.3, 0.4) is 0 Å². The summed E-state index contributed by atoms with van der Waals surface area (Å²) >= 11 is 0. The standard InChI is InChI=1S/C48H32O2.C47H31NO.C47H30O2/c1-49-35-28-26-33(27-29-35)31-20-18-30(19-21-31)32-22-24-34(25-23-32)44-45-40-14-6-2-10-36(40)38-12-4-8-16-42(38)47(45)50-48-43-17-9-5-13-39(43)37-11-3-7-15-41(37)46(44)48;2*48-34-27-25-32(26-28-34)30-19-17-29(18-20-30)31-21-23-33(24-22-31)43-44-39-13-5-1-9-35(39)37-11-3-7-15-41(37)46(44)49-47-42-16-8-4-12-38(42)36-10-2-6-14-40(36)45(43)47/h2-29,44H,1H3;1-28,43H,48H2;1-28,43,48H. The van der Waals surface area contributed by atoms with Crippen molar-refractivity contribution < 1.29 is 24.1 Å². The molecule has 3 aliphatic heterocycles. The Kier molecular flexibility index (Phi) is 21.0. The van der Waals surface area contributed by atoms with Crippen molar-refractivity contribution in [3.63, 3.8) is 0 Å². The van der Waals surface area contributed by atoms with Gasteiger partial charge in [-0.1, -0.05) is 473 Å². The van der Waals surface area contributed by atoms with Crippen molar-refractivity contribution in [3.05, 3.63) is 560 Å². The molecule has 0 saturated carbocycles. The molecule has 3 heterocycles. The minimum Gasteiger partial charge on any atom is -0.508 e. The van der Waals surface area contributed by atoms with E-state index in [2.05, 4.69) is 461 Å². The number of nitrogens with two attached hydrogens (primary N) is 1. The molecule has 148 heavy (non-hydrogen) atoms. The number of benzene rings is 27. The summed E-state index contributed by atoms with van der Waals surface area (Å²) in [5.41, 5.74) is 31.7. The van der Waals surface area contributed by atoms with Crippen LogP contribution in [0.25, 0.3) is 196 Å². The highest BCUT2D eigenvalue weighted by molar-refractivity contribution is 6.22. The van der Waals surface area contributed by atoms with E-state index in [4.69, 9.17) is 24.7 Å². The van der Waals surface area contributed by atoms with Gasteiger partial charge in [0.15, 0.2) is 0 Å². The molecule has 3 N–H and O–H groups in total.